The van der Waals surface area contributed by atoms with Crippen molar-refractivity contribution in [2.75, 3.05) is 5.32 Å². The van der Waals surface area contributed by atoms with E-state index in [0.29, 0.717) is 17.0 Å². The molecule has 1 heterocycles. The summed E-state index contributed by atoms with van der Waals surface area (Å²) in [7, 11) is 0. The predicted molar refractivity (Wildman–Crippen MR) is 85.5 cm³/mol. The molecule has 0 aliphatic carbocycles. The lowest BCUT2D eigenvalue weighted by molar-refractivity contribution is 0.0993. The Bertz CT molecular complexity index is 796. The Kier molecular flexibility index (Phi) is 4.29. The number of amides is 1. The van der Waals surface area contributed by atoms with Gasteiger partial charge in [-0.15, -0.1) is 0 Å². The maximum absolute atomic E-state index is 12.3. The SMILES string of the molecule is O=C(Nc1ccccc1O)c1occc1COc1ccccc1. The van der Waals surface area contributed by atoms with Crippen molar-refractivity contribution in [2.45, 2.75) is 6.61 Å². The number of hydrogen-bond acceptors (Lipinski definition) is 4. The summed E-state index contributed by atoms with van der Waals surface area (Å²) in [5, 5.41) is 12.3. The van der Waals surface area contributed by atoms with Crippen LogP contribution in [0.1, 0.15) is 16.1 Å². The molecule has 0 unspecified atom stereocenters. The molecule has 0 fully saturated rings. The number of benzene rings is 2. The summed E-state index contributed by atoms with van der Waals surface area (Å²) in [6.45, 7) is 0.212. The summed E-state index contributed by atoms with van der Waals surface area (Å²) in [4.78, 5) is 12.3. The standard InChI is InChI=1S/C18H15NO4/c20-16-9-5-4-8-15(16)19-18(21)17-13(10-11-22-17)12-23-14-6-2-1-3-7-14/h1-11,20H,12H2,(H,19,21). The van der Waals surface area contributed by atoms with E-state index in [9.17, 15) is 9.90 Å². The molecule has 5 nitrogen and oxygen atoms in total. The smallest absolute Gasteiger partial charge is 0.291 e. The fourth-order valence-corrected chi connectivity index (χ4v) is 2.08. The summed E-state index contributed by atoms with van der Waals surface area (Å²) < 4.78 is 10.9. The number of anilines is 1. The van der Waals surface area contributed by atoms with Crippen LogP contribution in [-0.2, 0) is 6.61 Å². The van der Waals surface area contributed by atoms with Gasteiger partial charge >= 0.3 is 0 Å². The Morgan fingerprint density at radius 1 is 1.04 bits per heavy atom. The highest BCUT2D eigenvalue weighted by Gasteiger charge is 2.17. The first kappa shape index (κ1) is 14.7. The van der Waals surface area contributed by atoms with E-state index in [1.807, 2.05) is 30.3 Å². The number of hydrogen-bond donors (Lipinski definition) is 2. The Balaban J connectivity index is 1.70. The average molecular weight is 309 g/mol. The highest BCUT2D eigenvalue weighted by Crippen LogP contribution is 2.23. The number of phenolic OH excluding ortho intramolecular Hbond substituents is 1. The van der Waals surface area contributed by atoms with Gasteiger partial charge in [-0.1, -0.05) is 30.3 Å². The van der Waals surface area contributed by atoms with Crippen molar-refractivity contribution >= 4 is 11.6 Å². The summed E-state index contributed by atoms with van der Waals surface area (Å²) in [5.74, 6) is 0.419. The van der Waals surface area contributed by atoms with Gasteiger partial charge in [-0.25, -0.2) is 0 Å². The lowest BCUT2D eigenvalue weighted by Gasteiger charge is -2.08. The maximum Gasteiger partial charge on any atom is 0.291 e. The van der Waals surface area contributed by atoms with Gasteiger partial charge in [0, 0.05) is 5.56 Å². The zero-order chi connectivity index (χ0) is 16.1. The second kappa shape index (κ2) is 6.70. The Hall–Kier alpha value is -3.21. The van der Waals surface area contributed by atoms with Gasteiger partial charge in [0.1, 0.15) is 18.1 Å². The second-order valence-corrected chi connectivity index (χ2v) is 4.85. The second-order valence-electron chi connectivity index (χ2n) is 4.85. The van der Waals surface area contributed by atoms with Crippen LogP contribution >= 0.6 is 0 Å². The normalized spacial score (nSPS) is 10.3. The molecule has 0 atom stereocenters. The van der Waals surface area contributed by atoms with Crippen LogP contribution in [0, 0.1) is 0 Å². The van der Waals surface area contributed by atoms with Crippen molar-refractivity contribution in [2.24, 2.45) is 0 Å². The van der Waals surface area contributed by atoms with Crippen LogP contribution in [0.25, 0.3) is 0 Å². The zero-order valence-corrected chi connectivity index (χ0v) is 12.2. The molecule has 1 aromatic heterocycles. The molecule has 0 radical (unpaired) electrons. The fraction of sp³-hybridized carbons (Fsp3) is 0.0556. The molecule has 1 amide bonds. The van der Waals surface area contributed by atoms with Crippen molar-refractivity contribution in [3.63, 3.8) is 0 Å². The minimum Gasteiger partial charge on any atom is -0.506 e. The van der Waals surface area contributed by atoms with Gasteiger partial charge in [0.25, 0.3) is 5.91 Å². The minimum absolute atomic E-state index is 0.00510. The molecular formula is C18H15NO4. The van der Waals surface area contributed by atoms with E-state index >= 15 is 0 Å². The monoisotopic (exact) mass is 309 g/mol. The van der Waals surface area contributed by atoms with Crippen molar-refractivity contribution in [1.82, 2.24) is 0 Å². The zero-order valence-electron chi connectivity index (χ0n) is 12.2. The van der Waals surface area contributed by atoms with Crippen LogP contribution < -0.4 is 10.1 Å². The van der Waals surface area contributed by atoms with E-state index in [2.05, 4.69) is 5.32 Å². The maximum atomic E-state index is 12.3. The Morgan fingerprint density at radius 2 is 1.78 bits per heavy atom. The van der Waals surface area contributed by atoms with Crippen LogP contribution in [0.4, 0.5) is 5.69 Å². The molecule has 0 aliphatic rings. The van der Waals surface area contributed by atoms with Crippen molar-refractivity contribution < 1.29 is 19.1 Å². The molecule has 23 heavy (non-hydrogen) atoms. The van der Waals surface area contributed by atoms with Gasteiger partial charge in [-0.2, -0.15) is 0 Å². The van der Waals surface area contributed by atoms with Crippen LogP contribution in [-0.4, -0.2) is 11.0 Å². The van der Waals surface area contributed by atoms with Gasteiger partial charge in [-0.05, 0) is 30.3 Å². The fourth-order valence-electron chi connectivity index (χ4n) is 2.08. The highest BCUT2D eigenvalue weighted by molar-refractivity contribution is 6.03. The van der Waals surface area contributed by atoms with Gasteiger partial charge in [0.05, 0.1) is 12.0 Å². The number of ether oxygens (including phenoxy) is 1. The number of carbonyl (C=O) groups is 1. The molecule has 0 spiro atoms. The number of nitrogens with one attached hydrogen (secondary N) is 1. The first-order valence-electron chi connectivity index (χ1n) is 7.07. The molecule has 0 saturated heterocycles. The van der Waals surface area contributed by atoms with Crippen molar-refractivity contribution in [3.8, 4) is 11.5 Å². The Labute approximate surface area is 133 Å². The van der Waals surface area contributed by atoms with E-state index < -0.39 is 5.91 Å². The van der Waals surface area contributed by atoms with Gasteiger partial charge < -0.3 is 19.6 Å². The van der Waals surface area contributed by atoms with Crippen LogP contribution in [0.2, 0.25) is 0 Å². The average Bonchev–Trinajstić information content (AvgIpc) is 3.05. The number of phenols is 1. The largest absolute Gasteiger partial charge is 0.506 e. The number of rotatable bonds is 5. The van der Waals surface area contributed by atoms with Crippen molar-refractivity contribution in [1.29, 1.82) is 0 Å². The molecule has 3 rings (SSSR count). The van der Waals surface area contributed by atoms with Gasteiger partial charge in [-0.3, -0.25) is 4.79 Å². The molecule has 5 heteroatoms. The number of furan rings is 1. The molecule has 2 aromatic carbocycles. The van der Waals surface area contributed by atoms with Crippen LogP contribution in [0.3, 0.4) is 0 Å². The minimum atomic E-state index is -0.442. The third kappa shape index (κ3) is 3.52. The first-order chi connectivity index (χ1) is 11.2. The number of carbonyl (C=O) groups excluding carboxylic acids is 1. The molecule has 0 saturated carbocycles. The number of aromatic hydroxyl groups is 1. The summed E-state index contributed by atoms with van der Waals surface area (Å²) in [5.41, 5.74) is 0.950. The van der Waals surface area contributed by atoms with E-state index in [1.54, 1.807) is 24.3 Å². The van der Waals surface area contributed by atoms with E-state index in [0.717, 1.165) is 0 Å². The Morgan fingerprint density at radius 3 is 2.57 bits per heavy atom. The van der Waals surface area contributed by atoms with E-state index in [-0.39, 0.29) is 18.1 Å². The summed E-state index contributed by atoms with van der Waals surface area (Å²) in [6.07, 6.45) is 1.43. The first-order valence-corrected chi connectivity index (χ1v) is 7.07. The lowest BCUT2D eigenvalue weighted by Crippen LogP contribution is -2.13. The lowest BCUT2D eigenvalue weighted by atomic mass is 10.2. The molecule has 116 valence electrons. The third-order valence-electron chi connectivity index (χ3n) is 3.24. The molecule has 3 aromatic rings. The molecule has 2 N–H and O–H groups in total. The summed E-state index contributed by atoms with van der Waals surface area (Å²) in [6, 6.07) is 17.5. The summed E-state index contributed by atoms with van der Waals surface area (Å²) >= 11 is 0. The molecule has 0 aliphatic heterocycles. The number of para-hydroxylation sites is 3. The van der Waals surface area contributed by atoms with E-state index in [1.165, 1.54) is 12.3 Å². The third-order valence-corrected chi connectivity index (χ3v) is 3.24. The van der Waals surface area contributed by atoms with E-state index in [4.69, 9.17) is 9.15 Å². The highest BCUT2D eigenvalue weighted by atomic mass is 16.5. The topological polar surface area (TPSA) is 71.7 Å². The molecule has 0 bridgehead atoms. The van der Waals surface area contributed by atoms with Crippen molar-refractivity contribution in [3.05, 3.63) is 78.3 Å². The van der Waals surface area contributed by atoms with Gasteiger partial charge in [0.2, 0.25) is 0 Å². The van der Waals surface area contributed by atoms with Gasteiger partial charge in [0.15, 0.2) is 5.76 Å². The predicted octanol–water partition coefficient (Wildman–Crippen LogP) is 3.82. The van der Waals surface area contributed by atoms with Crippen LogP contribution in [0.15, 0.2) is 71.3 Å². The molecular weight excluding hydrogens is 294 g/mol. The van der Waals surface area contributed by atoms with Crippen LogP contribution in [0.5, 0.6) is 11.5 Å². The quantitative estimate of drug-likeness (QED) is 0.703.